The van der Waals surface area contributed by atoms with Gasteiger partial charge in [-0.15, -0.1) is 0 Å². The van der Waals surface area contributed by atoms with Crippen molar-refractivity contribution in [2.45, 2.75) is 13.2 Å². The second-order valence-corrected chi connectivity index (χ2v) is 5.29. The van der Waals surface area contributed by atoms with Crippen LogP contribution in [-0.2, 0) is 17.9 Å². The van der Waals surface area contributed by atoms with Gasteiger partial charge in [0.1, 0.15) is 6.61 Å². The van der Waals surface area contributed by atoms with E-state index in [-0.39, 0.29) is 12.6 Å². The summed E-state index contributed by atoms with van der Waals surface area (Å²) in [6.07, 6.45) is 3.62. The average molecular weight is 317 g/mol. The number of carbonyl (C=O) groups is 1. The molecule has 0 aliphatic carbocycles. The molecule has 0 amide bonds. The van der Waals surface area contributed by atoms with E-state index in [1.807, 2.05) is 35.1 Å². The Morgan fingerprint density at radius 1 is 1.12 bits per heavy atom. The molecule has 1 aromatic heterocycles. The molecule has 5 nitrogen and oxygen atoms in total. The van der Waals surface area contributed by atoms with Crippen LogP contribution in [0.15, 0.2) is 67.0 Å². The lowest BCUT2D eigenvalue weighted by atomic mass is 10.1. The standard InChI is InChI=1S/C19H15N3O2/c20-12-16-3-1-4-17(11-16)14-24-19(23)18-7-5-15(6-8-18)13-22-10-2-9-21-22/h1-11H,13-14H2. The van der Waals surface area contributed by atoms with E-state index in [9.17, 15) is 4.79 Å². The van der Waals surface area contributed by atoms with E-state index in [0.29, 0.717) is 17.7 Å². The highest BCUT2D eigenvalue weighted by atomic mass is 16.5. The van der Waals surface area contributed by atoms with E-state index >= 15 is 0 Å². The van der Waals surface area contributed by atoms with Crippen molar-refractivity contribution in [3.05, 3.63) is 89.2 Å². The highest BCUT2D eigenvalue weighted by Crippen LogP contribution is 2.10. The Hall–Kier alpha value is -3.39. The third-order valence-corrected chi connectivity index (χ3v) is 3.52. The van der Waals surface area contributed by atoms with Crippen LogP contribution in [0.5, 0.6) is 0 Å². The summed E-state index contributed by atoms with van der Waals surface area (Å²) in [5, 5.41) is 13.0. The maximum Gasteiger partial charge on any atom is 0.338 e. The van der Waals surface area contributed by atoms with Crippen molar-refractivity contribution in [2.75, 3.05) is 0 Å². The lowest BCUT2D eigenvalue weighted by Crippen LogP contribution is -2.06. The second-order valence-electron chi connectivity index (χ2n) is 5.29. The van der Waals surface area contributed by atoms with Gasteiger partial charge >= 0.3 is 5.97 Å². The van der Waals surface area contributed by atoms with Crippen molar-refractivity contribution in [2.24, 2.45) is 0 Å². The van der Waals surface area contributed by atoms with Gasteiger partial charge in [-0.2, -0.15) is 10.4 Å². The summed E-state index contributed by atoms with van der Waals surface area (Å²) in [5.74, 6) is -0.386. The lowest BCUT2D eigenvalue weighted by Gasteiger charge is -2.07. The molecule has 118 valence electrons. The molecular weight excluding hydrogens is 302 g/mol. The molecule has 2 aromatic carbocycles. The Morgan fingerprint density at radius 2 is 1.96 bits per heavy atom. The molecule has 0 saturated carbocycles. The zero-order valence-electron chi connectivity index (χ0n) is 12.9. The molecule has 0 bridgehead atoms. The zero-order chi connectivity index (χ0) is 16.8. The molecule has 0 fully saturated rings. The summed E-state index contributed by atoms with van der Waals surface area (Å²) in [6, 6.07) is 18.2. The molecule has 0 spiro atoms. The molecule has 1 heterocycles. The number of benzene rings is 2. The monoisotopic (exact) mass is 317 g/mol. The van der Waals surface area contributed by atoms with Gasteiger partial charge in [-0.05, 0) is 41.5 Å². The van der Waals surface area contributed by atoms with Gasteiger partial charge in [-0.25, -0.2) is 4.79 Å². The van der Waals surface area contributed by atoms with Crippen LogP contribution in [0.25, 0.3) is 0 Å². The zero-order valence-corrected chi connectivity index (χ0v) is 12.9. The van der Waals surface area contributed by atoms with Crippen LogP contribution in [0.1, 0.15) is 27.0 Å². The Kier molecular flexibility index (Phi) is 4.68. The van der Waals surface area contributed by atoms with Crippen LogP contribution in [0.2, 0.25) is 0 Å². The van der Waals surface area contributed by atoms with E-state index in [4.69, 9.17) is 10.00 Å². The number of nitriles is 1. The fourth-order valence-corrected chi connectivity index (χ4v) is 2.29. The SMILES string of the molecule is N#Cc1cccc(COC(=O)c2ccc(Cn3cccn3)cc2)c1. The number of hydrogen-bond acceptors (Lipinski definition) is 4. The maximum absolute atomic E-state index is 12.1. The second kappa shape index (κ2) is 7.25. The third-order valence-electron chi connectivity index (χ3n) is 3.52. The number of nitrogens with zero attached hydrogens (tertiary/aromatic N) is 3. The predicted octanol–water partition coefficient (Wildman–Crippen LogP) is 3.16. The van der Waals surface area contributed by atoms with Gasteiger partial charge in [-0.3, -0.25) is 4.68 Å². The van der Waals surface area contributed by atoms with Gasteiger partial charge in [-0.1, -0.05) is 24.3 Å². The summed E-state index contributed by atoms with van der Waals surface area (Å²) in [7, 11) is 0. The molecule has 0 N–H and O–H groups in total. The Morgan fingerprint density at radius 3 is 2.67 bits per heavy atom. The summed E-state index contributed by atoms with van der Waals surface area (Å²) >= 11 is 0. The fraction of sp³-hybridized carbons (Fsp3) is 0.105. The molecule has 0 saturated heterocycles. The van der Waals surface area contributed by atoms with E-state index in [1.54, 1.807) is 36.5 Å². The van der Waals surface area contributed by atoms with Crippen LogP contribution in [0.4, 0.5) is 0 Å². The fourth-order valence-electron chi connectivity index (χ4n) is 2.29. The first-order valence-electron chi connectivity index (χ1n) is 7.47. The molecule has 3 rings (SSSR count). The summed E-state index contributed by atoms with van der Waals surface area (Å²) in [4.78, 5) is 12.1. The van der Waals surface area contributed by atoms with Crippen LogP contribution in [-0.4, -0.2) is 15.7 Å². The molecule has 0 atom stereocenters. The molecule has 5 heteroatoms. The van der Waals surface area contributed by atoms with Gasteiger partial charge in [0, 0.05) is 12.4 Å². The highest BCUT2D eigenvalue weighted by molar-refractivity contribution is 5.89. The first-order chi connectivity index (χ1) is 11.7. The van der Waals surface area contributed by atoms with Crippen molar-refractivity contribution in [3.8, 4) is 6.07 Å². The third kappa shape index (κ3) is 3.87. The molecule has 0 aliphatic heterocycles. The molecule has 0 unspecified atom stereocenters. The van der Waals surface area contributed by atoms with Gasteiger partial charge in [0.2, 0.25) is 0 Å². The molecular formula is C19H15N3O2. The van der Waals surface area contributed by atoms with Crippen molar-refractivity contribution in [1.29, 1.82) is 5.26 Å². The first kappa shape index (κ1) is 15.5. The molecule has 0 radical (unpaired) electrons. The Labute approximate surface area is 139 Å². The van der Waals surface area contributed by atoms with Gasteiger partial charge in [0.15, 0.2) is 0 Å². The average Bonchev–Trinajstić information content (AvgIpc) is 3.13. The number of carbonyl (C=O) groups excluding carboxylic acids is 1. The number of esters is 1. The van der Waals surface area contributed by atoms with Crippen molar-refractivity contribution < 1.29 is 9.53 Å². The van der Waals surface area contributed by atoms with Crippen LogP contribution in [0, 0.1) is 11.3 Å². The van der Waals surface area contributed by atoms with E-state index in [0.717, 1.165) is 11.1 Å². The number of hydrogen-bond donors (Lipinski definition) is 0. The van der Waals surface area contributed by atoms with Gasteiger partial charge < -0.3 is 4.74 Å². The number of rotatable bonds is 5. The van der Waals surface area contributed by atoms with E-state index in [2.05, 4.69) is 11.2 Å². The first-order valence-corrected chi connectivity index (χ1v) is 7.47. The minimum Gasteiger partial charge on any atom is -0.457 e. The summed E-state index contributed by atoms with van der Waals surface area (Å²) in [6.45, 7) is 0.798. The normalized spacial score (nSPS) is 10.1. The summed E-state index contributed by atoms with van der Waals surface area (Å²) in [5.41, 5.74) is 2.89. The smallest absolute Gasteiger partial charge is 0.338 e. The van der Waals surface area contributed by atoms with Crippen LogP contribution < -0.4 is 0 Å². The van der Waals surface area contributed by atoms with Crippen LogP contribution >= 0.6 is 0 Å². The van der Waals surface area contributed by atoms with Crippen molar-refractivity contribution >= 4 is 5.97 Å². The van der Waals surface area contributed by atoms with Gasteiger partial charge in [0.05, 0.1) is 23.7 Å². The highest BCUT2D eigenvalue weighted by Gasteiger charge is 2.08. The van der Waals surface area contributed by atoms with Crippen LogP contribution in [0.3, 0.4) is 0 Å². The summed E-state index contributed by atoms with van der Waals surface area (Å²) < 4.78 is 7.11. The van der Waals surface area contributed by atoms with Crippen molar-refractivity contribution in [3.63, 3.8) is 0 Å². The minimum atomic E-state index is -0.386. The predicted molar refractivity (Wildman–Crippen MR) is 88.0 cm³/mol. The Balaban J connectivity index is 1.59. The largest absolute Gasteiger partial charge is 0.457 e. The number of aromatic nitrogens is 2. The topological polar surface area (TPSA) is 67.9 Å². The van der Waals surface area contributed by atoms with E-state index in [1.165, 1.54) is 0 Å². The lowest BCUT2D eigenvalue weighted by molar-refractivity contribution is 0.0472. The molecule has 3 aromatic rings. The maximum atomic E-state index is 12.1. The van der Waals surface area contributed by atoms with E-state index < -0.39 is 0 Å². The molecule has 0 aliphatic rings. The minimum absolute atomic E-state index is 0.142. The van der Waals surface area contributed by atoms with Crippen molar-refractivity contribution in [1.82, 2.24) is 9.78 Å². The molecule has 24 heavy (non-hydrogen) atoms. The van der Waals surface area contributed by atoms with Gasteiger partial charge in [0.25, 0.3) is 0 Å². The number of ether oxygens (including phenoxy) is 1. The Bertz CT molecular complexity index is 862. The quantitative estimate of drug-likeness (QED) is 0.678.